The Morgan fingerprint density at radius 3 is 2.11 bits per heavy atom. The average Bonchev–Trinajstić information content (AvgIpc) is 2.46. The topological polar surface area (TPSA) is 54.4 Å². The highest BCUT2D eigenvalue weighted by atomic mass is 16.3. The fourth-order valence-electron chi connectivity index (χ4n) is 2.50. The minimum Gasteiger partial charge on any atom is -0.376 e. The molecule has 0 heterocycles. The van der Waals surface area contributed by atoms with E-state index < -0.39 is 11.4 Å². The molecule has 1 aliphatic rings. The van der Waals surface area contributed by atoms with Gasteiger partial charge in [-0.2, -0.15) is 0 Å². The summed E-state index contributed by atoms with van der Waals surface area (Å²) in [5.74, 6) is -0.615. The first-order valence-electron chi connectivity index (χ1n) is 6.08. The normalized spacial score (nSPS) is 22.2. The summed E-state index contributed by atoms with van der Waals surface area (Å²) in [6.45, 7) is 0. The van der Waals surface area contributed by atoms with E-state index in [9.17, 15) is 14.7 Å². The summed E-state index contributed by atoms with van der Waals surface area (Å²) < 4.78 is 0. The summed E-state index contributed by atoms with van der Waals surface area (Å²) in [7, 11) is 0. The SMILES string of the molecule is O=C1C[C@](O)(c2ccccc2)C(=O)c2ccccc21. The maximum Gasteiger partial charge on any atom is 0.200 e. The molecule has 0 saturated carbocycles. The van der Waals surface area contributed by atoms with Crippen LogP contribution in [0.15, 0.2) is 54.6 Å². The van der Waals surface area contributed by atoms with Crippen molar-refractivity contribution in [1.29, 1.82) is 0 Å². The molecular formula is C16H12O3. The molecule has 3 nitrogen and oxygen atoms in total. The number of ketones is 2. The third-order valence-electron chi connectivity index (χ3n) is 3.52. The van der Waals surface area contributed by atoms with Gasteiger partial charge in [0.25, 0.3) is 0 Å². The van der Waals surface area contributed by atoms with E-state index in [2.05, 4.69) is 0 Å². The van der Waals surface area contributed by atoms with Crippen molar-refractivity contribution in [2.45, 2.75) is 12.0 Å². The predicted octanol–water partition coefficient (Wildman–Crippen LogP) is 2.34. The summed E-state index contributed by atoms with van der Waals surface area (Å²) in [6, 6.07) is 15.2. The van der Waals surface area contributed by atoms with Crippen molar-refractivity contribution in [3.63, 3.8) is 0 Å². The number of rotatable bonds is 1. The number of aliphatic hydroxyl groups is 1. The average molecular weight is 252 g/mol. The number of carbonyl (C=O) groups excluding carboxylic acids is 2. The molecule has 0 amide bonds. The number of hydrogen-bond acceptors (Lipinski definition) is 3. The van der Waals surface area contributed by atoms with Gasteiger partial charge in [0, 0.05) is 11.1 Å². The molecule has 1 N–H and O–H groups in total. The number of fused-ring (bicyclic) bond motifs is 1. The first-order chi connectivity index (χ1) is 9.13. The molecule has 3 heteroatoms. The second-order valence-electron chi connectivity index (χ2n) is 4.70. The Hall–Kier alpha value is -2.26. The molecular weight excluding hydrogens is 240 g/mol. The highest BCUT2D eigenvalue weighted by molar-refractivity contribution is 6.17. The van der Waals surface area contributed by atoms with Gasteiger partial charge in [0.15, 0.2) is 17.2 Å². The van der Waals surface area contributed by atoms with Crippen molar-refractivity contribution in [1.82, 2.24) is 0 Å². The van der Waals surface area contributed by atoms with E-state index in [-0.39, 0.29) is 12.2 Å². The number of carbonyl (C=O) groups is 2. The highest BCUT2D eigenvalue weighted by Gasteiger charge is 2.45. The maximum absolute atomic E-state index is 12.5. The molecule has 0 aliphatic heterocycles. The molecule has 3 rings (SSSR count). The Bertz CT molecular complexity index is 661. The molecule has 0 radical (unpaired) electrons. The summed E-state index contributed by atoms with van der Waals surface area (Å²) >= 11 is 0. The number of hydrogen-bond donors (Lipinski definition) is 1. The second kappa shape index (κ2) is 4.14. The second-order valence-corrected chi connectivity index (χ2v) is 4.70. The Morgan fingerprint density at radius 1 is 0.842 bits per heavy atom. The van der Waals surface area contributed by atoms with E-state index in [1.165, 1.54) is 0 Å². The molecule has 2 aromatic rings. The van der Waals surface area contributed by atoms with Crippen molar-refractivity contribution in [2.75, 3.05) is 0 Å². The molecule has 0 saturated heterocycles. The lowest BCUT2D eigenvalue weighted by atomic mass is 9.75. The smallest absolute Gasteiger partial charge is 0.200 e. The Kier molecular flexibility index (Phi) is 2.57. The van der Waals surface area contributed by atoms with Crippen LogP contribution in [0.3, 0.4) is 0 Å². The zero-order chi connectivity index (χ0) is 13.5. The van der Waals surface area contributed by atoms with Crippen LogP contribution in [0.25, 0.3) is 0 Å². The first-order valence-corrected chi connectivity index (χ1v) is 6.08. The van der Waals surface area contributed by atoms with E-state index in [0.717, 1.165) is 0 Å². The highest BCUT2D eigenvalue weighted by Crippen LogP contribution is 2.36. The lowest BCUT2D eigenvalue weighted by molar-refractivity contribution is 0.0223. The molecule has 0 fully saturated rings. The molecule has 0 unspecified atom stereocenters. The van der Waals surface area contributed by atoms with Gasteiger partial charge in [0.2, 0.25) is 0 Å². The fourth-order valence-corrected chi connectivity index (χ4v) is 2.50. The lowest BCUT2D eigenvalue weighted by Gasteiger charge is -2.31. The van der Waals surface area contributed by atoms with Gasteiger partial charge in [-0.15, -0.1) is 0 Å². The zero-order valence-electron chi connectivity index (χ0n) is 10.2. The molecule has 0 aromatic heterocycles. The molecule has 1 atom stereocenters. The van der Waals surface area contributed by atoms with Gasteiger partial charge in [-0.3, -0.25) is 9.59 Å². The van der Waals surface area contributed by atoms with Crippen LogP contribution in [0.2, 0.25) is 0 Å². The van der Waals surface area contributed by atoms with Gasteiger partial charge in [-0.1, -0.05) is 54.6 Å². The molecule has 0 spiro atoms. The van der Waals surface area contributed by atoms with Crippen LogP contribution in [0, 0.1) is 0 Å². The van der Waals surface area contributed by atoms with E-state index >= 15 is 0 Å². The molecule has 0 bridgehead atoms. The van der Waals surface area contributed by atoms with Crippen molar-refractivity contribution in [2.24, 2.45) is 0 Å². The van der Waals surface area contributed by atoms with Crippen LogP contribution in [-0.4, -0.2) is 16.7 Å². The Labute approximate surface area is 110 Å². The van der Waals surface area contributed by atoms with Crippen molar-refractivity contribution < 1.29 is 14.7 Å². The van der Waals surface area contributed by atoms with E-state index in [1.54, 1.807) is 54.6 Å². The summed E-state index contributed by atoms with van der Waals surface area (Å²) in [6.07, 6.45) is -0.202. The van der Waals surface area contributed by atoms with Crippen LogP contribution in [0.1, 0.15) is 32.7 Å². The molecule has 19 heavy (non-hydrogen) atoms. The van der Waals surface area contributed by atoms with Gasteiger partial charge in [-0.25, -0.2) is 0 Å². The minimum atomic E-state index is -1.74. The third kappa shape index (κ3) is 1.71. The largest absolute Gasteiger partial charge is 0.376 e. The number of benzene rings is 2. The van der Waals surface area contributed by atoms with Crippen LogP contribution in [-0.2, 0) is 5.60 Å². The lowest BCUT2D eigenvalue weighted by Crippen LogP contribution is -2.42. The monoisotopic (exact) mass is 252 g/mol. The van der Waals surface area contributed by atoms with Gasteiger partial charge in [-0.05, 0) is 5.56 Å². The molecule has 1 aliphatic carbocycles. The van der Waals surface area contributed by atoms with Gasteiger partial charge < -0.3 is 5.11 Å². The van der Waals surface area contributed by atoms with Crippen LogP contribution < -0.4 is 0 Å². The van der Waals surface area contributed by atoms with E-state index in [0.29, 0.717) is 16.7 Å². The fraction of sp³-hybridized carbons (Fsp3) is 0.125. The van der Waals surface area contributed by atoms with Crippen LogP contribution in [0.5, 0.6) is 0 Å². The third-order valence-corrected chi connectivity index (χ3v) is 3.52. The van der Waals surface area contributed by atoms with Crippen LogP contribution in [0.4, 0.5) is 0 Å². The van der Waals surface area contributed by atoms with E-state index in [4.69, 9.17) is 0 Å². The summed E-state index contributed by atoms with van der Waals surface area (Å²) in [4.78, 5) is 24.6. The first kappa shape index (κ1) is 11.8. The molecule has 94 valence electrons. The van der Waals surface area contributed by atoms with Gasteiger partial charge in [0.05, 0.1) is 6.42 Å². The number of Topliss-reactive ketones (excluding diaryl/α,β-unsaturated/α-hetero) is 2. The Morgan fingerprint density at radius 2 is 1.42 bits per heavy atom. The van der Waals surface area contributed by atoms with Gasteiger partial charge in [0.1, 0.15) is 0 Å². The van der Waals surface area contributed by atoms with Crippen molar-refractivity contribution in [3.8, 4) is 0 Å². The summed E-state index contributed by atoms with van der Waals surface area (Å²) in [5.41, 5.74) is -0.590. The maximum atomic E-state index is 12.5. The predicted molar refractivity (Wildman–Crippen MR) is 70.1 cm³/mol. The van der Waals surface area contributed by atoms with Crippen molar-refractivity contribution in [3.05, 3.63) is 71.3 Å². The Balaban J connectivity index is 2.18. The van der Waals surface area contributed by atoms with Gasteiger partial charge >= 0.3 is 0 Å². The minimum absolute atomic E-state index is 0.202. The standard InChI is InChI=1S/C16H12O3/c17-14-10-16(19,11-6-2-1-3-7-11)15(18)13-9-5-4-8-12(13)14/h1-9,19H,10H2/t16-/m0/s1. The van der Waals surface area contributed by atoms with E-state index in [1.807, 2.05) is 0 Å². The van der Waals surface area contributed by atoms with Crippen LogP contribution >= 0.6 is 0 Å². The zero-order valence-corrected chi connectivity index (χ0v) is 10.2. The quantitative estimate of drug-likeness (QED) is 0.847. The van der Waals surface area contributed by atoms with Crippen molar-refractivity contribution >= 4 is 11.6 Å². The molecule has 2 aromatic carbocycles. The summed E-state index contributed by atoms with van der Waals surface area (Å²) in [5, 5.41) is 10.7.